The van der Waals surface area contributed by atoms with Crippen LogP contribution in [0.15, 0.2) is 36.5 Å². The van der Waals surface area contributed by atoms with Crippen LogP contribution < -0.4 is 0 Å². The first-order chi connectivity index (χ1) is 15.2. The molecule has 4 rings (SSSR count). The van der Waals surface area contributed by atoms with E-state index >= 15 is 0 Å². The number of nitrogens with one attached hydrogen (secondary N) is 1. The highest BCUT2D eigenvalue weighted by atomic mass is 32.2. The summed E-state index contributed by atoms with van der Waals surface area (Å²) < 4.78 is 31.9. The van der Waals surface area contributed by atoms with E-state index in [1.807, 2.05) is 24.3 Å². The van der Waals surface area contributed by atoms with Crippen molar-refractivity contribution in [2.24, 2.45) is 0 Å². The third kappa shape index (κ3) is 4.72. The van der Waals surface area contributed by atoms with E-state index in [0.717, 1.165) is 16.5 Å². The molecule has 3 heterocycles. The molecule has 1 aromatic carbocycles. The van der Waals surface area contributed by atoms with Gasteiger partial charge >= 0.3 is 10.3 Å². The van der Waals surface area contributed by atoms with Gasteiger partial charge < -0.3 is 14.8 Å². The van der Waals surface area contributed by atoms with Crippen LogP contribution in [-0.2, 0) is 19.9 Å². The third-order valence-corrected chi connectivity index (χ3v) is 6.99. The predicted molar refractivity (Wildman–Crippen MR) is 123 cm³/mol. The Bertz CT molecular complexity index is 1100. The molecule has 0 saturated carbocycles. The maximum atomic E-state index is 12.4. The summed E-state index contributed by atoms with van der Waals surface area (Å²) in [7, 11) is -4.57. The van der Waals surface area contributed by atoms with Crippen LogP contribution in [0.3, 0.4) is 0 Å². The lowest BCUT2D eigenvalue weighted by Gasteiger charge is -2.42. The largest absolute Gasteiger partial charge is 0.362 e. The molecule has 1 aromatic heterocycles. The van der Waals surface area contributed by atoms with Crippen molar-refractivity contribution in [1.82, 2.24) is 19.1 Å². The van der Waals surface area contributed by atoms with Crippen molar-refractivity contribution < 1.29 is 22.6 Å². The molecule has 10 heteroatoms. The van der Waals surface area contributed by atoms with Gasteiger partial charge in [0.15, 0.2) is 0 Å². The zero-order valence-corrected chi connectivity index (χ0v) is 19.4. The van der Waals surface area contributed by atoms with E-state index in [2.05, 4.69) is 30.7 Å². The molecule has 32 heavy (non-hydrogen) atoms. The minimum absolute atomic E-state index is 0.268. The van der Waals surface area contributed by atoms with E-state index in [-0.39, 0.29) is 12.5 Å². The summed E-state index contributed by atoms with van der Waals surface area (Å²) in [6.45, 7) is 10.4. The van der Waals surface area contributed by atoms with Crippen LogP contribution in [0.2, 0.25) is 0 Å². The lowest BCUT2D eigenvalue weighted by Crippen LogP contribution is -2.68. The van der Waals surface area contributed by atoms with Gasteiger partial charge in [-0.05, 0) is 43.8 Å². The van der Waals surface area contributed by atoms with Crippen molar-refractivity contribution in [3.63, 3.8) is 0 Å². The number of likely N-dealkylation sites (tertiary alicyclic amines) is 1. The van der Waals surface area contributed by atoms with Gasteiger partial charge in [-0.2, -0.15) is 8.42 Å². The zero-order valence-electron chi connectivity index (χ0n) is 18.6. The Balaban J connectivity index is 0.000000360. The molecule has 2 aromatic rings. The van der Waals surface area contributed by atoms with Gasteiger partial charge in [0.2, 0.25) is 5.91 Å². The molecule has 2 atom stereocenters. The lowest BCUT2D eigenvalue weighted by molar-refractivity contribution is -0.149. The SMILES string of the molecule is CCN(CC)CC.O=C(/C=C/c1c[nH]c2ccccc12)N1CC[C@@H]2[C@H]1C(=O)N2S(=O)(=O)O. The number of β-lactam (4-membered cyclic amide) rings is 1. The van der Waals surface area contributed by atoms with E-state index in [1.54, 1.807) is 12.3 Å². The number of hydrogen-bond donors (Lipinski definition) is 2. The van der Waals surface area contributed by atoms with E-state index in [1.165, 1.54) is 30.6 Å². The van der Waals surface area contributed by atoms with Gasteiger partial charge in [-0.15, -0.1) is 0 Å². The summed E-state index contributed by atoms with van der Waals surface area (Å²) in [5.74, 6) is -1.13. The number of hydrogen-bond acceptors (Lipinski definition) is 5. The van der Waals surface area contributed by atoms with E-state index in [4.69, 9.17) is 4.55 Å². The number of aromatic amines is 1. The average molecular weight is 463 g/mol. The molecule has 2 amide bonds. The quantitative estimate of drug-likeness (QED) is 0.386. The number of carbonyl (C=O) groups excluding carboxylic acids is 2. The second kappa shape index (κ2) is 9.85. The van der Waals surface area contributed by atoms with Crippen molar-refractivity contribution in [2.75, 3.05) is 26.2 Å². The maximum absolute atomic E-state index is 12.4. The second-order valence-corrected chi connectivity index (χ2v) is 8.98. The van der Waals surface area contributed by atoms with Crippen LogP contribution in [0.4, 0.5) is 0 Å². The summed E-state index contributed by atoms with van der Waals surface area (Å²) in [5, 5.41) is 0.975. The van der Waals surface area contributed by atoms with Gasteiger partial charge in [0.05, 0.1) is 6.04 Å². The van der Waals surface area contributed by atoms with Gasteiger partial charge in [0, 0.05) is 29.7 Å². The van der Waals surface area contributed by atoms with Gasteiger partial charge in [-0.25, -0.2) is 4.31 Å². The Morgan fingerprint density at radius 2 is 1.88 bits per heavy atom. The fourth-order valence-electron chi connectivity index (χ4n) is 4.22. The minimum Gasteiger partial charge on any atom is -0.361 e. The molecule has 2 fully saturated rings. The Hall–Kier alpha value is -2.69. The first-order valence-electron chi connectivity index (χ1n) is 10.8. The van der Waals surface area contributed by atoms with Crippen LogP contribution in [0, 0.1) is 0 Å². The third-order valence-electron chi connectivity index (χ3n) is 6.04. The second-order valence-electron chi connectivity index (χ2n) is 7.69. The van der Waals surface area contributed by atoms with Gasteiger partial charge in [-0.3, -0.25) is 14.1 Å². The number of fused-ring (bicyclic) bond motifs is 2. The van der Waals surface area contributed by atoms with E-state index < -0.39 is 28.3 Å². The Labute approximate surface area is 188 Å². The molecule has 0 aliphatic carbocycles. The van der Waals surface area contributed by atoms with Crippen molar-refractivity contribution in [1.29, 1.82) is 0 Å². The van der Waals surface area contributed by atoms with Gasteiger partial charge in [0.25, 0.3) is 5.91 Å². The average Bonchev–Trinajstić information content (AvgIpc) is 3.34. The standard InChI is InChI=1S/C16H15N3O5S.C6H15N/c20-14(6-5-10-9-17-12-4-2-1-3-11(10)12)18-8-7-13-15(18)16(21)19(13)25(22,23)24;1-4-7(5-2)6-3/h1-6,9,13,15,17H,7-8H2,(H,22,23,24);4-6H2,1-3H3/b6-5+;/t13-,15+;/m1./s1. The summed E-state index contributed by atoms with van der Waals surface area (Å²) >= 11 is 0. The zero-order chi connectivity index (χ0) is 23.5. The van der Waals surface area contributed by atoms with Gasteiger partial charge in [-0.1, -0.05) is 39.0 Å². The fraction of sp³-hybridized carbons (Fsp3) is 0.455. The Morgan fingerprint density at radius 3 is 2.47 bits per heavy atom. The smallest absolute Gasteiger partial charge is 0.361 e. The van der Waals surface area contributed by atoms with Crippen molar-refractivity contribution in [2.45, 2.75) is 39.3 Å². The summed E-state index contributed by atoms with van der Waals surface area (Å²) in [5.41, 5.74) is 1.80. The highest BCUT2D eigenvalue weighted by Gasteiger charge is 2.59. The van der Waals surface area contributed by atoms with Gasteiger partial charge in [0.1, 0.15) is 6.04 Å². The first-order valence-corrected chi connectivity index (χ1v) is 12.2. The molecule has 2 N–H and O–H groups in total. The topological polar surface area (TPSA) is 114 Å². The Morgan fingerprint density at radius 1 is 1.22 bits per heavy atom. The molecular formula is C22H30N4O5S. The minimum atomic E-state index is -4.57. The van der Waals surface area contributed by atoms with Crippen LogP contribution in [0.1, 0.15) is 32.8 Å². The van der Waals surface area contributed by atoms with E-state index in [0.29, 0.717) is 10.7 Å². The summed E-state index contributed by atoms with van der Waals surface area (Å²) in [4.78, 5) is 31.2. The first kappa shape index (κ1) is 24.0. The van der Waals surface area contributed by atoms with Crippen molar-refractivity contribution in [3.8, 4) is 0 Å². The molecule has 0 spiro atoms. The van der Waals surface area contributed by atoms with Crippen LogP contribution >= 0.6 is 0 Å². The number of amides is 2. The number of para-hydroxylation sites is 1. The summed E-state index contributed by atoms with van der Waals surface area (Å²) in [6.07, 6.45) is 5.15. The number of benzene rings is 1. The number of rotatable bonds is 6. The highest BCUT2D eigenvalue weighted by Crippen LogP contribution is 2.35. The maximum Gasteiger partial charge on any atom is 0.362 e. The van der Waals surface area contributed by atoms with Crippen LogP contribution in [0.5, 0.6) is 0 Å². The number of H-pyrrole nitrogens is 1. The Kier molecular flexibility index (Phi) is 7.37. The molecule has 0 bridgehead atoms. The molecule has 0 radical (unpaired) electrons. The van der Waals surface area contributed by atoms with Crippen LogP contribution in [-0.4, -0.2) is 82.1 Å². The molecular weight excluding hydrogens is 432 g/mol. The fourth-order valence-corrected chi connectivity index (χ4v) is 5.12. The number of carbonyl (C=O) groups is 2. The molecule has 2 aliphatic heterocycles. The molecule has 2 aliphatic rings. The lowest BCUT2D eigenvalue weighted by atomic mass is 10.0. The predicted octanol–water partition coefficient (Wildman–Crippen LogP) is 2.14. The van der Waals surface area contributed by atoms with Crippen LogP contribution in [0.25, 0.3) is 17.0 Å². The molecule has 2 saturated heterocycles. The highest BCUT2D eigenvalue weighted by molar-refractivity contribution is 7.84. The monoisotopic (exact) mass is 462 g/mol. The van der Waals surface area contributed by atoms with Crippen molar-refractivity contribution >= 4 is 39.1 Å². The van der Waals surface area contributed by atoms with Crippen molar-refractivity contribution in [3.05, 3.63) is 42.1 Å². The molecule has 9 nitrogen and oxygen atoms in total. The molecule has 0 unspecified atom stereocenters. The summed E-state index contributed by atoms with van der Waals surface area (Å²) in [6, 6.07) is 6.18. The molecule has 174 valence electrons. The number of nitrogens with zero attached hydrogens (tertiary/aromatic N) is 3. The van der Waals surface area contributed by atoms with E-state index in [9.17, 15) is 18.0 Å². The normalized spacial score (nSPS) is 20.5. The number of aromatic nitrogens is 1.